The van der Waals surface area contributed by atoms with Crippen molar-refractivity contribution < 1.29 is 27.8 Å². The van der Waals surface area contributed by atoms with Crippen LogP contribution < -0.4 is 0 Å². The SMILES string of the molecule is O=C(O)c1cccc2c1ccn2CCCOCC(F)(F)F. The second kappa shape index (κ2) is 6.17. The predicted molar refractivity (Wildman–Crippen MR) is 70.4 cm³/mol. The Hall–Kier alpha value is -2.02. The molecule has 1 aromatic heterocycles. The number of aryl methyl sites for hydroxylation is 1. The lowest BCUT2D eigenvalue weighted by Gasteiger charge is -2.09. The molecule has 0 bridgehead atoms. The van der Waals surface area contributed by atoms with E-state index in [4.69, 9.17) is 5.11 Å². The minimum Gasteiger partial charge on any atom is -0.478 e. The van der Waals surface area contributed by atoms with Gasteiger partial charge in [-0.3, -0.25) is 0 Å². The highest BCUT2D eigenvalue weighted by molar-refractivity contribution is 6.02. The third kappa shape index (κ3) is 3.98. The maximum absolute atomic E-state index is 11.9. The molecular weight excluding hydrogens is 287 g/mol. The summed E-state index contributed by atoms with van der Waals surface area (Å²) >= 11 is 0. The van der Waals surface area contributed by atoms with Crippen molar-refractivity contribution in [3.8, 4) is 0 Å². The molecule has 0 spiro atoms. The van der Waals surface area contributed by atoms with Crippen molar-refractivity contribution in [2.75, 3.05) is 13.2 Å². The molecule has 4 nitrogen and oxygen atoms in total. The molecule has 0 aliphatic heterocycles. The van der Waals surface area contributed by atoms with Gasteiger partial charge in [-0.1, -0.05) is 6.07 Å². The van der Waals surface area contributed by atoms with Gasteiger partial charge in [0.25, 0.3) is 0 Å². The summed E-state index contributed by atoms with van der Waals surface area (Å²) in [4.78, 5) is 11.1. The standard InChI is InChI=1S/C14H14F3NO3/c15-14(16,17)9-21-8-2-6-18-7-5-10-11(13(19)20)3-1-4-12(10)18/h1,3-5,7H,2,6,8-9H2,(H,19,20). The predicted octanol–water partition coefficient (Wildman–Crippen LogP) is 3.31. The third-order valence-electron chi connectivity index (χ3n) is 3.00. The van der Waals surface area contributed by atoms with Crippen molar-refractivity contribution in [1.82, 2.24) is 4.57 Å². The summed E-state index contributed by atoms with van der Waals surface area (Å²) in [5.74, 6) is -1.01. The lowest BCUT2D eigenvalue weighted by molar-refractivity contribution is -0.174. The number of nitrogens with zero attached hydrogens (tertiary/aromatic N) is 1. The topological polar surface area (TPSA) is 51.5 Å². The minimum absolute atomic E-state index is 0.00218. The number of alkyl halides is 3. The van der Waals surface area contributed by atoms with Gasteiger partial charge < -0.3 is 14.4 Å². The summed E-state index contributed by atoms with van der Waals surface area (Å²) in [5, 5.41) is 9.69. The quantitative estimate of drug-likeness (QED) is 0.833. The fourth-order valence-electron chi connectivity index (χ4n) is 2.13. The molecule has 0 amide bonds. The van der Waals surface area contributed by atoms with E-state index in [0.717, 1.165) is 5.52 Å². The molecule has 1 N–H and O–H groups in total. The summed E-state index contributed by atoms with van der Waals surface area (Å²) < 4.78 is 42.0. The number of carboxylic acid groups (broad SMARTS) is 1. The molecule has 0 saturated carbocycles. The summed E-state index contributed by atoms with van der Waals surface area (Å²) in [6.07, 6.45) is -2.17. The fraction of sp³-hybridized carbons (Fsp3) is 0.357. The summed E-state index contributed by atoms with van der Waals surface area (Å²) in [6.45, 7) is -0.787. The fourth-order valence-corrected chi connectivity index (χ4v) is 2.13. The first-order valence-electron chi connectivity index (χ1n) is 6.34. The lowest BCUT2D eigenvalue weighted by Crippen LogP contribution is -2.17. The molecule has 0 aliphatic carbocycles. The van der Waals surface area contributed by atoms with E-state index in [1.165, 1.54) is 6.07 Å². The molecule has 114 valence electrons. The number of halogens is 3. The van der Waals surface area contributed by atoms with Gasteiger partial charge in [-0.25, -0.2) is 4.79 Å². The van der Waals surface area contributed by atoms with Crippen molar-refractivity contribution in [3.05, 3.63) is 36.0 Å². The number of aromatic nitrogens is 1. The Morgan fingerprint density at radius 3 is 2.71 bits per heavy atom. The first-order chi connectivity index (χ1) is 9.88. The van der Waals surface area contributed by atoms with Gasteiger partial charge in [0.05, 0.1) is 5.56 Å². The van der Waals surface area contributed by atoms with Crippen molar-refractivity contribution in [2.24, 2.45) is 0 Å². The van der Waals surface area contributed by atoms with Crippen LogP contribution in [0.25, 0.3) is 10.9 Å². The lowest BCUT2D eigenvalue weighted by atomic mass is 10.1. The van der Waals surface area contributed by atoms with E-state index < -0.39 is 18.8 Å². The third-order valence-corrected chi connectivity index (χ3v) is 3.00. The Labute approximate surface area is 118 Å². The normalized spacial score (nSPS) is 12.0. The molecule has 0 fully saturated rings. The van der Waals surface area contributed by atoms with Crippen LogP contribution in [0.1, 0.15) is 16.8 Å². The molecular formula is C14H14F3NO3. The van der Waals surface area contributed by atoms with Gasteiger partial charge >= 0.3 is 12.1 Å². The van der Waals surface area contributed by atoms with Crippen molar-refractivity contribution in [3.63, 3.8) is 0 Å². The summed E-state index contributed by atoms with van der Waals surface area (Å²) in [6, 6.07) is 6.62. The van der Waals surface area contributed by atoms with E-state index in [1.807, 2.05) is 0 Å². The Balaban J connectivity index is 1.97. The molecule has 1 aromatic carbocycles. The maximum Gasteiger partial charge on any atom is 0.411 e. The number of benzene rings is 1. The minimum atomic E-state index is -4.31. The zero-order chi connectivity index (χ0) is 15.5. The summed E-state index contributed by atoms with van der Waals surface area (Å²) in [5.41, 5.74) is 0.949. The molecule has 21 heavy (non-hydrogen) atoms. The molecule has 0 atom stereocenters. The largest absolute Gasteiger partial charge is 0.478 e. The first-order valence-corrected chi connectivity index (χ1v) is 6.34. The molecule has 0 saturated heterocycles. The van der Waals surface area contributed by atoms with Crippen LogP contribution in [0.3, 0.4) is 0 Å². The van der Waals surface area contributed by atoms with Crippen LogP contribution >= 0.6 is 0 Å². The molecule has 0 radical (unpaired) electrons. The molecule has 7 heteroatoms. The van der Waals surface area contributed by atoms with Crippen LogP contribution in [0, 0.1) is 0 Å². The Morgan fingerprint density at radius 2 is 2.05 bits per heavy atom. The highest BCUT2D eigenvalue weighted by Crippen LogP contribution is 2.21. The highest BCUT2D eigenvalue weighted by atomic mass is 19.4. The number of aromatic carboxylic acids is 1. The zero-order valence-electron chi connectivity index (χ0n) is 11.1. The van der Waals surface area contributed by atoms with E-state index in [9.17, 15) is 18.0 Å². The monoisotopic (exact) mass is 301 g/mol. The summed E-state index contributed by atoms with van der Waals surface area (Å²) in [7, 11) is 0. The Morgan fingerprint density at radius 1 is 1.29 bits per heavy atom. The number of ether oxygens (including phenoxy) is 1. The number of fused-ring (bicyclic) bond motifs is 1. The van der Waals surface area contributed by atoms with E-state index in [-0.39, 0.29) is 12.2 Å². The smallest absolute Gasteiger partial charge is 0.411 e. The Bertz CT molecular complexity index is 634. The van der Waals surface area contributed by atoms with Gasteiger partial charge in [0.1, 0.15) is 6.61 Å². The number of hydrogen-bond acceptors (Lipinski definition) is 2. The second-order valence-electron chi connectivity index (χ2n) is 4.57. The molecule has 1 heterocycles. The zero-order valence-corrected chi connectivity index (χ0v) is 11.1. The van der Waals surface area contributed by atoms with E-state index >= 15 is 0 Å². The number of carbonyl (C=O) groups is 1. The highest BCUT2D eigenvalue weighted by Gasteiger charge is 2.27. The van der Waals surface area contributed by atoms with E-state index in [1.54, 1.807) is 29.0 Å². The van der Waals surface area contributed by atoms with Crippen LogP contribution in [0.15, 0.2) is 30.5 Å². The average Bonchev–Trinajstić information content (AvgIpc) is 2.80. The molecule has 0 aliphatic rings. The van der Waals surface area contributed by atoms with Crippen LogP contribution in [-0.4, -0.2) is 35.0 Å². The van der Waals surface area contributed by atoms with Gasteiger partial charge in [-0.2, -0.15) is 13.2 Å². The van der Waals surface area contributed by atoms with Gasteiger partial charge in [0, 0.05) is 30.3 Å². The van der Waals surface area contributed by atoms with Gasteiger partial charge in [-0.05, 0) is 24.6 Å². The van der Waals surface area contributed by atoms with Crippen LogP contribution in [-0.2, 0) is 11.3 Å². The first kappa shape index (κ1) is 15.4. The molecule has 0 unspecified atom stereocenters. The van der Waals surface area contributed by atoms with Crippen molar-refractivity contribution in [1.29, 1.82) is 0 Å². The van der Waals surface area contributed by atoms with Crippen LogP contribution in [0.5, 0.6) is 0 Å². The van der Waals surface area contributed by atoms with Crippen molar-refractivity contribution >= 4 is 16.9 Å². The average molecular weight is 301 g/mol. The van der Waals surface area contributed by atoms with Crippen molar-refractivity contribution in [2.45, 2.75) is 19.1 Å². The van der Waals surface area contributed by atoms with Crippen LogP contribution in [0.4, 0.5) is 13.2 Å². The number of hydrogen-bond donors (Lipinski definition) is 1. The van der Waals surface area contributed by atoms with E-state index in [2.05, 4.69) is 4.74 Å². The van der Waals surface area contributed by atoms with Gasteiger partial charge in [-0.15, -0.1) is 0 Å². The molecule has 2 rings (SSSR count). The number of carboxylic acids is 1. The van der Waals surface area contributed by atoms with E-state index in [0.29, 0.717) is 18.4 Å². The molecule has 2 aromatic rings. The second-order valence-corrected chi connectivity index (χ2v) is 4.57. The Kier molecular flexibility index (Phi) is 4.52. The van der Waals surface area contributed by atoms with Crippen LogP contribution in [0.2, 0.25) is 0 Å². The number of rotatable bonds is 6. The van der Waals surface area contributed by atoms with Gasteiger partial charge in [0.2, 0.25) is 0 Å². The maximum atomic E-state index is 11.9. The van der Waals surface area contributed by atoms with Gasteiger partial charge in [0.15, 0.2) is 0 Å².